The van der Waals surface area contributed by atoms with Crippen molar-refractivity contribution in [3.8, 4) is 0 Å². The summed E-state index contributed by atoms with van der Waals surface area (Å²) in [5, 5.41) is 0. The predicted octanol–water partition coefficient (Wildman–Crippen LogP) is 22.7. The van der Waals surface area contributed by atoms with E-state index in [9.17, 15) is 14.4 Å². The number of esters is 3. The molecule has 0 N–H and O–H groups in total. The molecule has 0 aliphatic rings. The number of carbonyl (C=O) groups is 3. The van der Waals surface area contributed by atoms with E-state index in [1.165, 1.54) is 180 Å². The summed E-state index contributed by atoms with van der Waals surface area (Å²) < 4.78 is 16.9. The van der Waals surface area contributed by atoms with Gasteiger partial charge in [0.2, 0.25) is 0 Å². The van der Waals surface area contributed by atoms with Gasteiger partial charge in [0.15, 0.2) is 6.10 Å². The van der Waals surface area contributed by atoms with E-state index < -0.39 is 6.10 Å². The van der Waals surface area contributed by atoms with Crippen molar-refractivity contribution in [1.82, 2.24) is 0 Å². The van der Waals surface area contributed by atoms with Crippen LogP contribution in [0.1, 0.15) is 329 Å². The van der Waals surface area contributed by atoms with Crippen LogP contribution in [0.5, 0.6) is 0 Å². The van der Waals surface area contributed by atoms with Gasteiger partial charge in [0.05, 0.1) is 0 Å². The predicted molar refractivity (Wildman–Crippen MR) is 334 cm³/mol. The first-order valence-corrected chi connectivity index (χ1v) is 33.1. The third kappa shape index (κ3) is 63.3. The van der Waals surface area contributed by atoms with E-state index in [0.717, 1.165) is 109 Å². The number of ether oxygens (including phenoxy) is 3. The van der Waals surface area contributed by atoms with Crippen molar-refractivity contribution in [2.45, 2.75) is 335 Å². The van der Waals surface area contributed by atoms with E-state index in [2.05, 4.69) is 106 Å². The largest absolute Gasteiger partial charge is 0.462 e. The molecule has 6 heteroatoms. The fourth-order valence-electron chi connectivity index (χ4n) is 9.48. The van der Waals surface area contributed by atoms with Crippen molar-refractivity contribution in [1.29, 1.82) is 0 Å². The number of rotatable bonds is 60. The van der Waals surface area contributed by atoms with Crippen LogP contribution in [0.3, 0.4) is 0 Å². The van der Waals surface area contributed by atoms with Crippen molar-refractivity contribution in [3.63, 3.8) is 0 Å². The molecule has 444 valence electrons. The first-order chi connectivity index (χ1) is 38.0. The lowest BCUT2D eigenvalue weighted by Gasteiger charge is -2.18. The molecule has 0 aromatic heterocycles. The van der Waals surface area contributed by atoms with E-state index in [-0.39, 0.29) is 31.1 Å². The molecule has 0 saturated carbocycles. The van der Waals surface area contributed by atoms with Gasteiger partial charge >= 0.3 is 17.9 Å². The number of unbranched alkanes of at least 4 members (excludes halogenated alkanes) is 35. The van der Waals surface area contributed by atoms with Crippen LogP contribution in [0.15, 0.2) is 85.1 Å². The van der Waals surface area contributed by atoms with Crippen molar-refractivity contribution in [2.24, 2.45) is 0 Å². The highest BCUT2D eigenvalue weighted by Gasteiger charge is 2.19. The Morgan fingerprint density at radius 2 is 0.506 bits per heavy atom. The summed E-state index contributed by atoms with van der Waals surface area (Å²) >= 11 is 0. The van der Waals surface area contributed by atoms with Gasteiger partial charge in [-0.15, -0.1) is 0 Å². The highest BCUT2D eigenvalue weighted by atomic mass is 16.6. The van der Waals surface area contributed by atoms with Crippen LogP contribution in [0.25, 0.3) is 0 Å². The van der Waals surface area contributed by atoms with E-state index in [4.69, 9.17) is 14.2 Å². The highest BCUT2D eigenvalue weighted by Crippen LogP contribution is 2.17. The highest BCUT2D eigenvalue weighted by molar-refractivity contribution is 5.71. The lowest BCUT2D eigenvalue weighted by atomic mass is 10.0. The molecule has 0 saturated heterocycles. The normalized spacial score (nSPS) is 12.6. The maximum atomic E-state index is 12.9. The molecule has 77 heavy (non-hydrogen) atoms. The fourth-order valence-corrected chi connectivity index (χ4v) is 9.48. The Kier molecular flexibility index (Phi) is 62.2. The van der Waals surface area contributed by atoms with Crippen molar-refractivity contribution >= 4 is 17.9 Å². The smallest absolute Gasteiger partial charge is 0.306 e. The molecule has 0 aliphatic heterocycles. The van der Waals surface area contributed by atoms with Gasteiger partial charge in [-0.25, -0.2) is 0 Å². The number of carbonyl (C=O) groups excluding carboxylic acids is 3. The Bertz CT molecular complexity index is 1470. The molecular weight excluding hydrogens is 949 g/mol. The third-order valence-electron chi connectivity index (χ3n) is 14.4. The van der Waals surface area contributed by atoms with Gasteiger partial charge in [-0.2, -0.15) is 0 Å². The van der Waals surface area contributed by atoms with E-state index in [1.807, 2.05) is 0 Å². The fraction of sp³-hybridized carbons (Fsp3) is 0.761. The molecule has 0 radical (unpaired) electrons. The molecule has 1 atom stereocenters. The molecule has 1 unspecified atom stereocenters. The monoisotopic (exact) mass is 1070 g/mol. The molecule has 0 amide bonds. The van der Waals surface area contributed by atoms with Crippen LogP contribution in [-0.2, 0) is 28.6 Å². The maximum absolute atomic E-state index is 12.9. The minimum Gasteiger partial charge on any atom is -0.462 e. The van der Waals surface area contributed by atoms with Crippen molar-refractivity contribution < 1.29 is 28.6 Å². The summed E-state index contributed by atoms with van der Waals surface area (Å²) in [6, 6.07) is 0. The van der Waals surface area contributed by atoms with Gasteiger partial charge in [0.1, 0.15) is 13.2 Å². The second kappa shape index (κ2) is 65.1. The Hall–Kier alpha value is -3.41. The number of hydrogen-bond acceptors (Lipinski definition) is 6. The molecule has 0 rings (SSSR count). The molecule has 0 aromatic carbocycles. The number of allylic oxidation sites excluding steroid dienone is 14. The van der Waals surface area contributed by atoms with Crippen LogP contribution in [0.4, 0.5) is 0 Å². The summed E-state index contributed by atoms with van der Waals surface area (Å²) in [6.45, 7) is 6.55. The van der Waals surface area contributed by atoms with Gasteiger partial charge in [-0.1, -0.05) is 318 Å². The first-order valence-electron chi connectivity index (χ1n) is 33.1. The molecule has 0 aromatic rings. The maximum Gasteiger partial charge on any atom is 0.306 e. The second-order valence-corrected chi connectivity index (χ2v) is 22.0. The Labute approximate surface area is 477 Å². The lowest BCUT2D eigenvalue weighted by Crippen LogP contribution is -2.30. The summed E-state index contributed by atoms with van der Waals surface area (Å²) in [5.41, 5.74) is 0. The molecule has 0 bridgehead atoms. The van der Waals surface area contributed by atoms with Crippen LogP contribution >= 0.6 is 0 Å². The first kappa shape index (κ1) is 73.6. The zero-order chi connectivity index (χ0) is 55.7. The molecule has 0 aliphatic carbocycles. The van der Waals surface area contributed by atoms with E-state index in [0.29, 0.717) is 19.3 Å². The lowest BCUT2D eigenvalue weighted by molar-refractivity contribution is -0.167. The van der Waals surface area contributed by atoms with Crippen LogP contribution in [0, 0.1) is 0 Å². The SMILES string of the molecule is CC/C=C\C/C=C\C/C=C\C/C=C\C/C=C\C/C=C\C/C=C\CCCCCC(=O)OCC(COC(=O)CCCCCCCCCCCCCCCCCC)OC(=O)CCCCCCCCCCCCCCCCCCCC. The Balaban J connectivity index is 4.41. The average molecular weight is 1070 g/mol. The quantitative estimate of drug-likeness (QED) is 0.0261. The van der Waals surface area contributed by atoms with E-state index >= 15 is 0 Å². The van der Waals surface area contributed by atoms with Crippen molar-refractivity contribution in [3.05, 3.63) is 85.1 Å². The minimum absolute atomic E-state index is 0.0826. The topological polar surface area (TPSA) is 78.9 Å². The molecular formula is C71H124O6. The van der Waals surface area contributed by atoms with Gasteiger partial charge in [-0.3, -0.25) is 14.4 Å². The minimum atomic E-state index is -0.789. The van der Waals surface area contributed by atoms with Crippen molar-refractivity contribution in [2.75, 3.05) is 13.2 Å². The van der Waals surface area contributed by atoms with Gasteiger partial charge in [0, 0.05) is 19.3 Å². The second-order valence-electron chi connectivity index (χ2n) is 22.0. The van der Waals surface area contributed by atoms with Gasteiger partial charge < -0.3 is 14.2 Å². The third-order valence-corrected chi connectivity index (χ3v) is 14.4. The standard InChI is InChI=1S/C71H124O6/c1-4-7-10-13-16-19-22-25-28-31-33-34-35-36-37-38-39-41-43-46-49-52-55-58-61-64-70(73)76-67-68(66-75-69(72)63-60-57-54-51-48-45-42-30-27-24-21-18-15-12-9-6-3)77-71(74)65-62-59-56-53-50-47-44-40-32-29-26-23-20-17-14-11-8-5-2/h7,10,16,19,25,28,33-34,36-37,39,41,46,49,68H,4-6,8-9,11-15,17-18,20-24,26-27,29-32,35,38,40,42-45,47-48,50-67H2,1-3H3/b10-7-,19-16-,28-25-,34-33-,37-36-,41-39-,49-46-. The number of hydrogen-bond donors (Lipinski definition) is 0. The molecule has 0 spiro atoms. The summed E-state index contributed by atoms with van der Waals surface area (Å²) in [4.78, 5) is 38.4. The summed E-state index contributed by atoms with van der Waals surface area (Å²) in [5.74, 6) is -0.898. The Morgan fingerprint density at radius 3 is 0.792 bits per heavy atom. The Morgan fingerprint density at radius 1 is 0.273 bits per heavy atom. The van der Waals surface area contributed by atoms with Crippen LogP contribution in [0.2, 0.25) is 0 Å². The molecule has 6 nitrogen and oxygen atoms in total. The zero-order valence-electron chi connectivity index (χ0n) is 51.0. The average Bonchev–Trinajstić information content (AvgIpc) is 3.43. The van der Waals surface area contributed by atoms with Crippen LogP contribution in [-0.4, -0.2) is 37.2 Å². The molecule has 0 heterocycles. The van der Waals surface area contributed by atoms with Gasteiger partial charge in [-0.05, 0) is 77.0 Å². The van der Waals surface area contributed by atoms with Gasteiger partial charge in [0.25, 0.3) is 0 Å². The summed E-state index contributed by atoms with van der Waals surface area (Å²) in [6.07, 6.45) is 85.9. The van der Waals surface area contributed by atoms with E-state index in [1.54, 1.807) is 0 Å². The van der Waals surface area contributed by atoms with Crippen LogP contribution < -0.4 is 0 Å². The summed E-state index contributed by atoms with van der Waals surface area (Å²) in [7, 11) is 0. The molecule has 0 fully saturated rings. The zero-order valence-corrected chi connectivity index (χ0v) is 51.0.